The third-order valence-corrected chi connectivity index (χ3v) is 3.11. The lowest BCUT2D eigenvalue weighted by Gasteiger charge is -2.07. The molecule has 0 fully saturated rings. The van der Waals surface area contributed by atoms with Gasteiger partial charge >= 0.3 is 0 Å². The summed E-state index contributed by atoms with van der Waals surface area (Å²) in [6.07, 6.45) is 0. The average Bonchev–Trinajstić information content (AvgIpc) is 2.33. The maximum Gasteiger partial charge on any atom is 0.276 e. The summed E-state index contributed by atoms with van der Waals surface area (Å²) in [7, 11) is 0. The monoisotopic (exact) mass is 317 g/mol. The van der Waals surface area contributed by atoms with Crippen LogP contribution in [0, 0.1) is 10.1 Å². The predicted octanol–water partition coefficient (Wildman–Crippen LogP) is 4.69. The van der Waals surface area contributed by atoms with Crippen LogP contribution in [-0.2, 0) is 0 Å². The molecule has 1 aromatic heterocycles. The van der Waals surface area contributed by atoms with Gasteiger partial charge in [-0.25, -0.2) is 4.98 Å². The summed E-state index contributed by atoms with van der Waals surface area (Å²) in [5, 5.41) is 14.4. The number of hydrogen-bond donors (Lipinski definition) is 1. The molecule has 0 atom stereocenters. The average molecular weight is 319 g/mol. The van der Waals surface area contributed by atoms with E-state index in [0.717, 1.165) is 0 Å². The molecule has 8 heteroatoms. The maximum absolute atomic E-state index is 10.7. The summed E-state index contributed by atoms with van der Waals surface area (Å²) in [6, 6.07) is 7.29. The van der Waals surface area contributed by atoms with Crippen molar-refractivity contribution in [3.63, 3.8) is 0 Å². The van der Waals surface area contributed by atoms with E-state index in [1.165, 1.54) is 12.1 Å². The second kappa shape index (κ2) is 5.61. The first-order chi connectivity index (χ1) is 8.95. The number of nitro groups is 1. The van der Waals surface area contributed by atoms with Gasteiger partial charge in [-0.2, -0.15) is 0 Å². The quantitative estimate of drug-likeness (QED) is 0.506. The van der Waals surface area contributed by atoms with Crippen molar-refractivity contribution < 1.29 is 4.92 Å². The van der Waals surface area contributed by atoms with Crippen molar-refractivity contribution in [2.75, 3.05) is 5.32 Å². The highest BCUT2D eigenvalue weighted by molar-refractivity contribution is 6.42. The lowest BCUT2D eigenvalue weighted by molar-refractivity contribution is -0.384. The molecule has 0 aliphatic carbocycles. The van der Waals surface area contributed by atoms with Crippen molar-refractivity contribution in [1.29, 1.82) is 0 Å². The number of nitrogens with zero attached hydrogens (tertiary/aromatic N) is 2. The van der Waals surface area contributed by atoms with E-state index in [-0.39, 0.29) is 16.7 Å². The molecule has 0 saturated carbocycles. The summed E-state index contributed by atoms with van der Waals surface area (Å²) in [6.45, 7) is 0. The molecule has 0 amide bonds. The van der Waals surface area contributed by atoms with Gasteiger partial charge in [0.05, 0.1) is 27.1 Å². The normalized spacial score (nSPS) is 10.3. The van der Waals surface area contributed by atoms with Crippen molar-refractivity contribution in [3.8, 4) is 0 Å². The minimum Gasteiger partial charge on any atom is -0.340 e. The van der Waals surface area contributed by atoms with Gasteiger partial charge in [0, 0.05) is 5.69 Å². The Labute approximate surface area is 123 Å². The first kappa shape index (κ1) is 13.9. The molecule has 98 valence electrons. The zero-order valence-electron chi connectivity index (χ0n) is 9.23. The summed E-state index contributed by atoms with van der Waals surface area (Å²) in [5.41, 5.74) is 0.445. The topological polar surface area (TPSA) is 68.1 Å². The van der Waals surface area contributed by atoms with Crippen molar-refractivity contribution in [3.05, 3.63) is 55.6 Å². The van der Waals surface area contributed by atoms with Crippen molar-refractivity contribution in [1.82, 2.24) is 4.98 Å². The van der Waals surface area contributed by atoms with Crippen molar-refractivity contribution >= 4 is 52.0 Å². The summed E-state index contributed by atoms with van der Waals surface area (Å²) < 4.78 is 0. The zero-order chi connectivity index (χ0) is 14.0. The van der Waals surface area contributed by atoms with Crippen LogP contribution in [0.1, 0.15) is 0 Å². The van der Waals surface area contributed by atoms with Crippen LogP contribution >= 0.6 is 34.8 Å². The van der Waals surface area contributed by atoms with Crippen molar-refractivity contribution in [2.45, 2.75) is 0 Å². The summed E-state index contributed by atoms with van der Waals surface area (Å²) in [4.78, 5) is 14.1. The Morgan fingerprint density at radius 1 is 1.11 bits per heavy atom. The number of benzene rings is 1. The second-order valence-corrected chi connectivity index (χ2v) is 4.75. The number of anilines is 2. The van der Waals surface area contributed by atoms with Crippen LogP contribution in [-0.4, -0.2) is 9.91 Å². The highest BCUT2D eigenvalue weighted by Gasteiger charge is 2.10. The highest BCUT2D eigenvalue weighted by atomic mass is 35.5. The largest absolute Gasteiger partial charge is 0.340 e. The van der Waals surface area contributed by atoms with Gasteiger partial charge in [-0.3, -0.25) is 10.1 Å². The van der Waals surface area contributed by atoms with Crippen LogP contribution in [0.2, 0.25) is 15.2 Å². The maximum atomic E-state index is 10.7. The molecule has 0 unspecified atom stereocenters. The fourth-order valence-corrected chi connectivity index (χ4v) is 1.88. The molecule has 0 spiro atoms. The van der Waals surface area contributed by atoms with Gasteiger partial charge in [0.2, 0.25) is 0 Å². The second-order valence-electron chi connectivity index (χ2n) is 3.54. The zero-order valence-corrected chi connectivity index (χ0v) is 11.5. The molecular weight excluding hydrogens is 312 g/mol. The van der Waals surface area contributed by atoms with Gasteiger partial charge in [0.1, 0.15) is 11.0 Å². The van der Waals surface area contributed by atoms with E-state index in [4.69, 9.17) is 34.8 Å². The number of nitrogens with one attached hydrogen (secondary N) is 1. The first-order valence-electron chi connectivity index (χ1n) is 5.00. The molecule has 0 bridgehead atoms. The molecule has 0 radical (unpaired) electrons. The van der Waals surface area contributed by atoms with E-state index < -0.39 is 4.92 Å². The van der Waals surface area contributed by atoms with Gasteiger partial charge in [-0.15, -0.1) is 0 Å². The van der Waals surface area contributed by atoms with Crippen LogP contribution in [0.4, 0.5) is 17.2 Å². The standard InChI is InChI=1S/C11H6Cl3N3O2/c12-8-2-1-6(3-9(8)13)15-11-5-7(17(18)19)4-10(14)16-11/h1-5H,(H,15,16). The minimum absolute atomic E-state index is 0.0248. The van der Waals surface area contributed by atoms with Gasteiger partial charge in [-0.05, 0) is 18.2 Å². The number of pyridine rings is 1. The molecule has 2 rings (SSSR count). The Morgan fingerprint density at radius 2 is 1.84 bits per heavy atom. The molecule has 0 saturated heterocycles. The lowest BCUT2D eigenvalue weighted by Crippen LogP contribution is -1.96. The van der Waals surface area contributed by atoms with E-state index in [1.54, 1.807) is 18.2 Å². The Morgan fingerprint density at radius 3 is 2.47 bits per heavy atom. The molecule has 1 N–H and O–H groups in total. The van der Waals surface area contributed by atoms with Crippen molar-refractivity contribution in [2.24, 2.45) is 0 Å². The molecule has 0 aliphatic rings. The fourth-order valence-electron chi connectivity index (χ4n) is 1.37. The number of hydrogen-bond acceptors (Lipinski definition) is 4. The van der Waals surface area contributed by atoms with Crippen LogP contribution in [0.3, 0.4) is 0 Å². The molecule has 2 aromatic rings. The Hall–Kier alpha value is -1.56. The predicted molar refractivity (Wildman–Crippen MR) is 75.6 cm³/mol. The first-order valence-corrected chi connectivity index (χ1v) is 6.13. The third-order valence-electron chi connectivity index (χ3n) is 2.18. The smallest absolute Gasteiger partial charge is 0.276 e. The molecule has 19 heavy (non-hydrogen) atoms. The Kier molecular flexibility index (Phi) is 4.09. The molecule has 5 nitrogen and oxygen atoms in total. The molecule has 1 aromatic carbocycles. The van der Waals surface area contributed by atoms with E-state index in [1.807, 2.05) is 0 Å². The Bertz CT molecular complexity index is 649. The highest BCUT2D eigenvalue weighted by Crippen LogP contribution is 2.28. The number of aromatic nitrogens is 1. The van der Waals surface area contributed by atoms with Crippen LogP contribution in [0.25, 0.3) is 0 Å². The van der Waals surface area contributed by atoms with Gasteiger partial charge in [0.15, 0.2) is 0 Å². The minimum atomic E-state index is -0.548. The summed E-state index contributed by atoms with van der Waals surface area (Å²) in [5.74, 6) is 0.248. The molecular formula is C11H6Cl3N3O2. The van der Waals surface area contributed by atoms with E-state index in [9.17, 15) is 10.1 Å². The van der Waals surface area contributed by atoms with Crippen LogP contribution in [0.5, 0.6) is 0 Å². The van der Waals surface area contributed by atoms with Gasteiger partial charge in [0.25, 0.3) is 5.69 Å². The van der Waals surface area contributed by atoms with E-state index in [2.05, 4.69) is 10.3 Å². The van der Waals surface area contributed by atoms with Crippen LogP contribution in [0.15, 0.2) is 30.3 Å². The number of rotatable bonds is 3. The number of halogens is 3. The van der Waals surface area contributed by atoms with Gasteiger partial charge in [-0.1, -0.05) is 34.8 Å². The lowest BCUT2D eigenvalue weighted by atomic mass is 10.3. The molecule has 1 heterocycles. The van der Waals surface area contributed by atoms with Gasteiger partial charge < -0.3 is 5.32 Å². The SMILES string of the molecule is O=[N+]([O-])c1cc(Cl)nc(Nc2ccc(Cl)c(Cl)c2)c1. The Balaban J connectivity index is 2.32. The summed E-state index contributed by atoms with van der Waals surface area (Å²) >= 11 is 17.4. The van der Waals surface area contributed by atoms with E-state index >= 15 is 0 Å². The van der Waals surface area contributed by atoms with E-state index in [0.29, 0.717) is 15.7 Å². The van der Waals surface area contributed by atoms with Crippen LogP contribution < -0.4 is 5.32 Å². The third kappa shape index (κ3) is 3.47. The molecule has 0 aliphatic heterocycles. The fraction of sp³-hybridized carbons (Fsp3) is 0.